The summed E-state index contributed by atoms with van der Waals surface area (Å²) < 4.78 is 18.4. The summed E-state index contributed by atoms with van der Waals surface area (Å²) in [4.78, 5) is 0. The number of ether oxygens (including phenoxy) is 3. The van der Waals surface area contributed by atoms with E-state index in [9.17, 15) is 0 Å². The molecule has 0 amide bonds. The first-order chi connectivity index (χ1) is 18.9. The third kappa shape index (κ3) is 13.3. The number of thiocarbonyl (C=S) groups is 2. The summed E-state index contributed by atoms with van der Waals surface area (Å²) in [7, 11) is 0. The number of nitrogens with zero attached hydrogens (tertiary/aromatic N) is 1. The van der Waals surface area contributed by atoms with Crippen LogP contribution in [0.25, 0.3) is 0 Å². The maximum atomic E-state index is 5.56. The molecule has 13 heteroatoms. The zero-order valence-electron chi connectivity index (χ0n) is 22.3. The van der Waals surface area contributed by atoms with Crippen LogP contribution in [0.1, 0.15) is 38.3 Å². The Balaban J connectivity index is 1.79. The average Bonchev–Trinajstić information content (AvgIpc) is 2.92. The van der Waals surface area contributed by atoms with E-state index in [1.165, 1.54) is 0 Å². The molecule has 2 aromatic rings. The Morgan fingerprint density at radius 2 is 1.44 bits per heavy atom. The summed E-state index contributed by atoms with van der Waals surface area (Å²) in [5.41, 5.74) is 11.2. The first kappa shape index (κ1) is 33.2. The topological polar surface area (TPSA) is 100 Å². The molecule has 1 unspecified atom stereocenters. The minimum absolute atomic E-state index is 0.159. The molecule has 0 aromatic heterocycles. The van der Waals surface area contributed by atoms with Crippen LogP contribution in [0, 0.1) is 0 Å². The molecule has 0 aliphatic heterocycles. The number of rotatable bonds is 16. The zero-order valence-corrected chi connectivity index (χ0v) is 27.1. The van der Waals surface area contributed by atoms with Crippen molar-refractivity contribution < 1.29 is 14.2 Å². The van der Waals surface area contributed by atoms with Crippen LogP contribution in [0.4, 0.5) is 0 Å². The van der Waals surface area contributed by atoms with Gasteiger partial charge in [0.05, 0.1) is 28.2 Å². The van der Waals surface area contributed by atoms with E-state index in [-0.39, 0.29) is 6.04 Å². The van der Waals surface area contributed by atoms with Crippen LogP contribution < -0.4 is 36.4 Å². The van der Waals surface area contributed by atoms with Gasteiger partial charge in [0.1, 0.15) is 11.5 Å². The first-order valence-corrected chi connectivity index (χ1v) is 15.0. The summed E-state index contributed by atoms with van der Waals surface area (Å²) in [6.07, 6.45) is 2.40. The highest BCUT2D eigenvalue weighted by Gasteiger charge is 2.08. The standard InChI is InChI=1S/C26H36Br2N6O3S2/c1-4-35-12-11-20(32-34-26(39)30-16-19-8-10-24(37-6-3)22(28)14-19)17-31-33-25(38)29-15-18-7-9-23(36-5-2)21(27)13-18/h7-10,13-14,17,20,32H,4-6,11-12,15-16H2,1-3H3,(H2,29,33,38)(H2,30,34,39)/b31-17+. The van der Waals surface area contributed by atoms with Gasteiger partial charge in [-0.15, -0.1) is 0 Å². The van der Waals surface area contributed by atoms with Crippen LogP contribution in [0.5, 0.6) is 11.5 Å². The predicted octanol–water partition coefficient (Wildman–Crippen LogP) is 4.92. The highest BCUT2D eigenvalue weighted by Crippen LogP contribution is 2.26. The minimum atomic E-state index is -0.159. The van der Waals surface area contributed by atoms with E-state index in [2.05, 4.69) is 63.9 Å². The number of halogens is 2. The Labute approximate surface area is 258 Å². The number of benzene rings is 2. The lowest BCUT2D eigenvalue weighted by Crippen LogP contribution is -2.49. The number of hydrazine groups is 1. The van der Waals surface area contributed by atoms with Crippen LogP contribution in [0.2, 0.25) is 0 Å². The maximum Gasteiger partial charge on any atom is 0.187 e. The highest BCUT2D eigenvalue weighted by molar-refractivity contribution is 9.10. The quantitative estimate of drug-likeness (QED) is 0.0717. The molecule has 5 N–H and O–H groups in total. The van der Waals surface area contributed by atoms with E-state index >= 15 is 0 Å². The van der Waals surface area contributed by atoms with Gasteiger partial charge in [-0.1, -0.05) is 12.1 Å². The summed E-state index contributed by atoms with van der Waals surface area (Å²) in [5, 5.41) is 11.5. The molecule has 0 aliphatic rings. The van der Waals surface area contributed by atoms with Crippen molar-refractivity contribution in [3.05, 3.63) is 56.5 Å². The molecule has 39 heavy (non-hydrogen) atoms. The molecule has 2 aromatic carbocycles. The molecular weight excluding hydrogens is 668 g/mol. The number of nitrogens with one attached hydrogen (secondary N) is 5. The molecule has 0 bridgehead atoms. The van der Waals surface area contributed by atoms with E-state index < -0.39 is 0 Å². The van der Waals surface area contributed by atoms with Crippen molar-refractivity contribution in [2.24, 2.45) is 5.10 Å². The smallest absolute Gasteiger partial charge is 0.187 e. The fourth-order valence-electron chi connectivity index (χ4n) is 3.18. The molecule has 0 heterocycles. The lowest BCUT2D eigenvalue weighted by atomic mass is 10.2. The van der Waals surface area contributed by atoms with Crippen molar-refractivity contribution in [3.63, 3.8) is 0 Å². The molecule has 0 spiro atoms. The zero-order chi connectivity index (χ0) is 28.5. The van der Waals surface area contributed by atoms with Crippen molar-refractivity contribution in [2.45, 2.75) is 46.3 Å². The second-order valence-corrected chi connectivity index (χ2v) is 10.5. The number of hydrazone groups is 1. The normalized spacial score (nSPS) is 11.6. The van der Waals surface area contributed by atoms with Crippen LogP contribution in [-0.4, -0.2) is 48.9 Å². The van der Waals surface area contributed by atoms with Gasteiger partial charge in [0.25, 0.3) is 0 Å². The van der Waals surface area contributed by atoms with Gasteiger partial charge in [-0.05, 0) is 119 Å². The fourth-order valence-corrected chi connectivity index (χ4v) is 4.52. The van der Waals surface area contributed by atoms with Crippen LogP contribution in [0.15, 0.2) is 50.4 Å². The fraction of sp³-hybridized carbons (Fsp3) is 0.423. The maximum absolute atomic E-state index is 5.56. The van der Waals surface area contributed by atoms with Crippen molar-refractivity contribution >= 4 is 72.7 Å². The third-order valence-corrected chi connectivity index (χ3v) is 6.79. The summed E-state index contributed by atoms with van der Waals surface area (Å²) in [6.45, 7) is 9.41. The second-order valence-electron chi connectivity index (χ2n) is 8.01. The molecule has 2 rings (SSSR count). The van der Waals surface area contributed by atoms with Gasteiger partial charge < -0.3 is 24.8 Å². The van der Waals surface area contributed by atoms with Crippen molar-refractivity contribution in [3.8, 4) is 11.5 Å². The van der Waals surface area contributed by atoms with Crippen molar-refractivity contribution in [1.82, 2.24) is 26.9 Å². The molecule has 1 atom stereocenters. The Morgan fingerprint density at radius 1 is 0.872 bits per heavy atom. The lowest BCUT2D eigenvalue weighted by Gasteiger charge is -2.18. The third-order valence-electron chi connectivity index (χ3n) is 5.07. The summed E-state index contributed by atoms with van der Waals surface area (Å²) in [5.74, 6) is 1.62. The van der Waals surface area contributed by atoms with E-state index in [4.69, 9.17) is 38.6 Å². The Morgan fingerprint density at radius 3 is 1.95 bits per heavy atom. The molecule has 0 saturated carbocycles. The first-order valence-electron chi connectivity index (χ1n) is 12.6. The average molecular weight is 705 g/mol. The summed E-state index contributed by atoms with van der Waals surface area (Å²) >= 11 is 17.8. The molecule has 0 radical (unpaired) electrons. The van der Waals surface area contributed by atoms with E-state index in [1.807, 2.05) is 57.2 Å². The van der Waals surface area contributed by atoms with Crippen LogP contribution >= 0.6 is 56.3 Å². The SMILES string of the molecule is CCOCCC(/C=N/NC(=S)NCc1ccc(OCC)c(Br)c1)NNC(=S)NCc1ccc(OCC)c(Br)c1. The largest absolute Gasteiger partial charge is 0.493 e. The predicted molar refractivity (Wildman–Crippen MR) is 172 cm³/mol. The minimum Gasteiger partial charge on any atom is -0.493 e. The molecule has 214 valence electrons. The van der Waals surface area contributed by atoms with Gasteiger partial charge in [0.2, 0.25) is 0 Å². The van der Waals surface area contributed by atoms with Crippen molar-refractivity contribution in [2.75, 3.05) is 26.4 Å². The number of hydrogen-bond donors (Lipinski definition) is 5. The van der Waals surface area contributed by atoms with Gasteiger partial charge >= 0.3 is 0 Å². The van der Waals surface area contributed by atoms with E-state index in [1.54, 1.807) is 6.21 Å². The second kappa shape index (κ2) is 19.1. The Kier molecular flexibility index (Phi) is 16.3. The Hall–Kier alpha value is -2.03. The number of hydrogen-bond acceptors (Lipinski definition) is 7. The summed E-state index contributed by atoms with van der Waals surface area (Å²) in [6, 6.07) is 11.7. The molecule has 9 nitrogen and oxygen atoms in total. The molecule has 0 saturated heterocycles. The van der Waals surface area contributed by atoms with E-state index in [0.717, 1.165) is 31.6 Å². The molecule has 0 fully saturated rings. The van der Waals surface area contributed by atoms with Crippen molar-refractivity contribution in [1.29, 1.82) is 0 Å². The van der Waals surface area contributed by atoms with Gasteiger partial charge in [0, 0.05) is 32.5 Å². The molecular formula is C26H36Br2N6O3S2. The van der Waals surface area contributed by atoms with Gasteiger partial charge in [-0.25, -0.2) is 5.43 Å². The van der Waals surface area contributed by atoms with Crippen LogP contribution in [0.3, 0.4) is 0 Å². The van der Waals surface area contributed by atoms with Gasteiger partial charge in [-0.3, -0.25) is 10.9 Å². The van der Waals surface area contributed by atoms with E-state index in [0.29, 0.717) is 56.2 Å². The monoisotopic (exact) mass is 702 g/mol. The highest BCUT2D eigenvalue weighted by atomic mass is 79.9. The van der Waals surface area contributed by atoms with Gasteiger partial charge in [-0.2, -0.15) is 5.10 Å². The lowest BCUT2D eigenvalue weighted by molar-refractivity contribution is 0.141. The Bertz CT molecular complexity index is 1090. The van der Waals surface area contributed by atoms with Crippen LogP contribution in [-0.2, 0) is 17.8 Å². The molecule has 0 aliphatic carbocycles. The van der Waals surface area contributed by atoms with Gasteiger partial charge in [0.15, 0.2) is 10.2 Å².